The van der Waals surface area contributed by atoms with Crippen LogP contribution >= 0.6 is 11.3 Å². The molecule has 4 heteroatoms. The molecule has 13 aromatic rings. The van der Waals surface area contributed by atoms with Gasteiger partial charge in [0, 0.05) is 64.8 Å². The molecule has 0 unspecified atom stereocenters. The van der Waals surface area contributed by atoms with E-state index in [1.54, 1.807) is 0 Å². The molecular formula is C60H38N2OS. The van der Waals surface area contributed by atoms with Crippen LogP contribution in [0.4, 0.5) is 17.1 Å². The number of fused-ring (bicyclic) bond motifs is 9. The molecule has 3 aromatic heterocycles. The SMILES string of the molecule is c1ccc(-c2ccc3c(c2)oc2cc(N(c4ccc5c(c4)c4ccccc4n5-c4ccccc4)c4ccc(-c5ccccc5)c5sc6cc(-c7ccccc7)ccc6c45)ccc23)cc1. The summed E-state index contributed by atoms with van der Waals surface area (Å²) in [5.41, 5.74) is 15.6. The highest BCUT2D eigenvalue weighted by Crippen LogP contribution is 2.50. The lowest BCUT2D eigenvalue weighted by Crippen LogP contribution is -2.10. The second-order valence-electron chi connectivity index (χ2n) is 16.5. The second kappa shape index (κ2) is 14.7. The first-order chi connectivity index (χ1) is 31.7. The third-order valence-corrected chi connectivity index (χ3v) is 14.0. The normalized spacial score (nSPS) is 11.8. The molecule has 64 heavy (non-hydrogen) atoms. The van der Waals surface area contributed by atoms with Crippen LogP contribution in [0.2, 0.25) is 0 Å². The van der Waals surface area contributed by atoms with Crippen molar-refractivity contribution in [2.75, 3.05) is 4.90 Å². The Bertz CT molecular complexity index is 3890. The maximum atomic E-state index is 6.80. The van der Waals surface area contributed by atoms with Crippen molar-refractivity contribution in [3.63, 3.8) is 0 Å². The van der Waals surface area contributed by atoms with E-state index in [2.05, 4.69) is 240 Å². The van der Waals surface area contributed by atoms with Crippen molar-refractivity contribution in [2.24, 2.45) is 0 Å². The molecule has 0 amide bonds. The van der Waals surface area contributed by atoms with Gasteiger partial charge in [0.15, 0.2) is 0 Å². The van der Waals surface area contributed by atoms with Crippen LogP contribution < -0.4 is 4.90 Å². The molecule has 0 atom stereocenters. The molecule has 13 rings (SSSR count). The molecule has 10 aromatic carbocycles. The Morgan fingerprint density at radius 1 is 0.375 bits per heavy atom. The molecule has 0 aliphatic carbocycles. The van der Waals surface area contributed by atoms with Crippen molar-refractivity contribution in [3.05, 3.63) is 231 Å². The third-order valence-electron chi connectivity index (χ3n) is 12.8. The fourth-order valence-corrected chi connectivity index (χ4v) is 11.1. The summed E-state index contributed by atoms with van der Waals surface area (Å²) in [6.45, 7) is 0. The second-order valence-corrected chi connectivity index (χ2v) is 17.5. The van der Waals surface area contributed by atoms with Crippen LogP contribution in [0.1, 0.15) is 0 Å². The number of hydrogen-bond donors (Lipinski definition) is 0. The van der Waals surface area contributed by atoms with Gasteiger partial charge in [-0.15, -0.1) is 11.3 Å². The van der Waals surface area contributed by atoms with Gasteiger partial charge >= 0.3 is 0 Å². The zero-order chi connectivity index (χ0) is 42.1. The van der Waals surface area contributed by atoms with Crippen LogP contribution in [-0.4, -0.2) is 4.57 Å². The minimum absolute atomic E-state index is 0.851. The maximum Gasteiger partial charge on any atom is 0.137 e. The van der Waals surface area contributed by atoms with Gasteiger partial charge in [-0.05, 0) is 106 Å². The van der Waals surface area contributed by atoms with E-state index in [0.717, 1.165) is 55.8 Å². The number of rotatable bonds is 7. The van der Waals surface area contributed by atoms with E-state index < -0.39 is 0 Å². The summed E-state index contributed by atoms with van der Waals surface area (Å²) in [5, 5.41) is 7.07. The van der Waals surface area contributed by atoms with Crippen molar-refractivity contribution >= 4 is 92.3 Å². The van der Waals surface area contributed by atoms with Crippen LogP contribution in [-0.2, 0) is 0 Å². The Balaban J connectivity index is 1.08. The van der Waals surface area contributed by atoms with Gasteiger partial charge in [0.2, 0.25) is 0 Å². The molecule has 0 aliphatic heterocycles. The highest BCUT2D eigenvalue weighted by atomic mass is 32.1. The fourth-order valence-electron chi connectivity index (χ4n) is 9.80. The monoisotopic (exact) mass is 834 g/mol. The van der Waals surface area contributed by atoms with Gasteiger partial charge in [0.05, 0.1) is 16.7 Å². The van der Waals surface area contributed by atoms with Gasteiger partial charge in [0.25, 0.3) is 0 Å². The summed E-state index contributed by atoms with van der Waals surface area (Å²) in [6.07, 6.45) is 0. The Kier molecular flexibility index (Phi) is 8.40. The first-order valence-electron chi connectivity index (χ1n) is 21.7. The highest BCUT2D eigenvalue weighted by Gasteiger charge is 2.24. The number of anilines is 3. The van der Waals surface area contributed by atoms with E-state index in [1.807, 2.05) is 11.3 Å². The molecule has 0 N–H and O–H groups in total. The number of benzene rings is 10. The zero-order valence-electron chi connectivity index (χ0n) is 34.7. The first kappa shape index (κ1) is 36.5. The largest absolute Gasteiger partial charge is 0.456 e. The van der Waals surface area contributed by atoms with Crippen LogP contribution in [0.5, 0.6) is 0 Å². The first-order valence-corrected chi connectivity index (χ1v) is 22.6. The maximum absolute atomic E-state index is 6.80. The van der Waals surface area contributed by atoms with E-state index in [9.17, 15) is 0 Å². The van der Waals surface area contributed by atoms with E-state index in [4.69, 9.17) is 4.42 Å². The molecule has 0 spiro atoms. The number of thiophene rings is 1. The van der Waals surface area contributed by atoms with Gasteiger partial charge in [-0.25, -0.2) is 0 Å². The average Bonchev–Trinajstić information content (AvgIpc) is 4.04. The summed E-state index contributed by atoms with van der Waals surface area (Å²) in [4.78, 5) is 2.45. The van der Waals surface area contributed by atoms with Crippen LogP contribution in [0.15, 0.2) is 235 Å². The summed E-state index contributed by atoms with van der Waals surface area (Å²) in [7, 11) is 0. The Morgan fingerprint density at radius 2 is 0.938 bits per heavy atom. The lowest BCUT2D eigenvalue weighted by Gasteiger charge is -2.27. The minimum atomic E-state index is 0.851. The lowest BCUT2D eigenvalue weighted by molar-refractivity contribution is 0.669. The average molecular weight is 835 g/mol. The Labute approximate surface area is 373 Å². The Hall–Kier alpha value is -8.18. The molecule has 0 fully saturated rings. The molecule has 3 nitrogen and oxygen atoms in total. The molecule has 0 bridgehead atoms. The van der Waals surface area contributed by atoms with Gasteiger partial charge in [0.1, 0.15) is 11.2 Å². The number of hydrogen-bond acceptors (Lipinski definition) is 3. The van der Waals surface area contributed by atoms with E-state index in [0.29, 0.717) is 0 Å². The van der Waals surface area contributed by atoms with Crippen LogP contribution in [0.25, 0.3) is 103 Å². The molecule has 0 saturated carbocycles. The quantitative estimate of drug-likeness (QED) is 0.159. The Morgan fingerprint density at radius 3 is 1.67 bits per heavy atom. The standard InChI is InChI=1S/C60H38N2OS/c1-5-15-39(16-6-1)42-25-29-49-50-31-27-46(38-57(50)63-56(49)35-42)61(45-28-33-54-52(37-45)48-23-13-14-24-53(48)62(54)44-21-11-4-12-22-44)55-34-32-47(41-19-9-3-10-20-41)60-59(55)51-30-26-43(36-58(51)64-60)40-17-7-2-8-18-40/h1-38H. The predicted octanol–water partition coefficient (Wildman–Crippen LogP) is 17.5. The lowest BCUT2D eigenvalue weighted by atomic mass is 9.98. The molecule has 0 saturated heterocycles. The summed E-state index contributed by atoms with van der Waals surface area (Å²) in [6, 6.07) is 83.3. The predicted molar refractivity (Wildman–Crippen MR) is 272 cm³/mol. The van der Waals surface area contributed by atoms with Crippen molar-refractivity contribution in [1.29, 1.82) is 0 Å². The van der Waals surface area contributed by atoms with E-state index in [-0.39, 0.29) is 0 Å². The van der Waals surface area contributed by atoms with E-state index in [1.165, 1.54) is 64.3 Å². The van der Waals surface area contributed by atoms with Gasteiger partial charge < -0.3 is 13.9 Å². The van der Waals surface area contributed by atoms with E-state index >= 15 is 0 Å². The minimum Gasteiger partial charge on any atom is -0.456 e. The zero-order valence-corrected chi connectivity index (χ0v) is 35.5. The van der Waals surface area contributed by atoms with Crippen molar-refractivity contribution < 1.29 is 4.42 Å². The van der Waals surface area contributed by atoms with Gasteiger partial charge in [-0.1, -0.05) is 152 Å². The highest BCUT2D eigenvalue weighted by molar-refractivity contribution is 7.26. The molecule has 300 valence electrons. The van der Waals surface area contributed by atoms with Crippen LogP contribution in [0, 0.1) is 0 Å². The van der Waals surface area contributed by atoms with Crippen molar-refractivity contribution in [2.45, 2.75) is 0 Å². The number of para-hydroxylation sites is 2. The smallest absolute Gasteiger partial charge is 0.137 e. The van der Waals surface area contributed by atoms with Crippen molar-refractivity contribution in [1.82, 2.24) is 4.57 Å². The molecule has 3 heterocycles. The fraction of sp³-hybridized carbons (Fsp3) is 0. The van der Waals surface area contributed by atoms with Crippen LogP contribution in [0.3, 0.4) is 0 Å². The summed E-state index contributed by atoms with van der Waals surface area (Å²) >= 11 is 1.88. The topological polar surface area (TPSA) is 21.3 Å². The van der Waals surface area contributed by atoms with Gasteiger partial charge in [-0.2, -0.15) is 0 Å². The summed E-state index contributed by atoms with van der Waals surface area (Å²) in [5.74, 6) is 0. The number of nitrogens with zero attached hydrogens (tertiary/aromatic N) is 2. The third kappa shape index (κ3) is 5.88. The van der Waals surface area contributed by atoms with Gasteiger partial charge in [-0.3, -0.25) is 0 Å². The number of furan rings is 1. The molecular weight excluding hydrogens is 797 g/mol. The molecule has 0 radical (unpaired) electrons. The molecule has 0 aliphatic rings. The summed E-state index contributed by atoms with van der Waals surface area (Å²) < 4.78 is 11.7. The van der Waals surface area contributed by atoms with Crippen molar-refractivity contribution in [3.8, 4) is 39.1 Å². The number of aromatic nitrogens is 1.